The van der Waals surface area contributed by atoms with Crippen molar-refractivity contribution in [1.82, 2.24) is 0 Å². The first kappa shape index (κ1) is 12.9. The Hall–Kier alpha value is -0.570. The molecule has 2 nitrogen and oxygen atoms in total. The van der Waals surface area contributed by atoms with E-state index >= 15 is 0 Å². The molecule has 1 aliphatic rings. The second kappa shape index (κ2) is 4.97. The minimum absolute atomic E-state index is 0.102. The molecule has 2 rings (SSSR count). The van der Waals surface area contributed by atoms with Gasteiger partial charge < -0.3 is 9.84 Å². The zero-order valence-corrected chi connectivity index (χ0v) is 11.1. The summed E-state index contributed by atoms with van der Waals surface area (Å²) in [7, 11) is 0. The maximum atomic E-state index is 10.8. The van der Waals surface area contributed by atoms with E-state index in [2.05, 4.69) is 13.8 Å². The van der Waals surface area contributed by atoms with Crippen molar-refractivity contribution in [3.8, 4) is 0 Å². The van der Waals surface area contributed by atoms with Crippen LogP contribution in [-0.2, 0) is 10.3 Å². The van der Waals surface area contributed by atoms with Crippen molar-refractivity contribution < 1.29 is 9.84 Å². The highest BCUT2D eigenvalue weighted by Crippen LogP contribution is 2.39. The molecule has 0 bridgehead atoms. The molecule has 0 radical (unpaired) electrons. The average molecular weight is 255 g/mol. The van der Waals surface area contributed by atoms with Gasteiger partial charge in [0, 0.05) is 23.4 Å². The van der Waals surface area contributed by atoms with Gasteiger partial charge in [0.1, 0.15) is 0 Å². The van der Waals surface area contributed by atoms with Gasteiger partial charge in [0.2, 0.25) is 0 Å². The van der Waals surface area contributed by atoms with E-state index in [1.807, 2.05) is 24.3 Å². The fourth-order valence-electron chi connectivity index (χ4n) is 2.38. The lowest BCUT2D eigenvalue weighted by atomic mass is 9.81. The molecule has 0 amide bonds. The van der Waals surface area contributed by atoms with Crippen LogP contribution in [0.15, 0.2) is 24.3 Å². The molecule has 1 saturated heterocycles. The molecule has 0 aromatic heterocycles. The minimum atomic E-state index is -0.842. The molecule has 1 aromatic rings. The summed E-state index contributed by atoms with van der Waals surface area (Å²) in [4.78, 5) is 0. The fraction of sp³-hybridized carbons (Fsp3) is 0.571. The summed E-state index contributed by atoms with van der Waals surface area (Å²) < 4.78 is 5.69. The monoisotopic (exact) mass is 254 g/mol. The molecular formula is C14H19ClO2. The molecule has 0 spiro atoms. The first-order chi connectivity index (χ1) is 8.03. The van der Waals surface area contributed by atoms with Gasteiger partial charge in [0.05, 0.1) is 18.3 Å². The van der Waals surface area contributed by atoms with Crippen LogP contribution in [0.5, 0.6) is 0 Å². The van der Waals surface area contributed by atoms with Crippen LogP contribution in [0.25, 0.3) is 0 Å². The van der Waals surface area contributed by atoms with Gasteiger partial charge >= 0.3 is 0 Å². The van der Waals surface area contributed by atoms with E-state index in [0.29, 0.717) is 30.4 Å². The quantitative estimate of drug-likeness (QED) is 0.877. The van der Waals surface area contributed by atoms with Crippen LogP contribution in [0.1, 0.15) is 32.3 Å². The maximum absolute atomic E-state index is 10.8. The van der Waals surface area contributed by atoms with E-state index in [1.165, 1.54) is 0 Å². The van der Waals surface area contributed by atoms with Gasteiger partial charge in [-0.15, -0.1) is 0 Å². The van der Waals surface area contributed by atoms with E-state index in [4.69, 9.17) is 16.3 Å². The SMILES string of the molecule is CC(C)C1CC(O)(c2ccccc2Cl)CCO1. The van der Waals surface area contributed by atoms with Crippen LogP contribution in [0.2, 0.25) is 5.02 Å². The first-order valence-corrected chi connectivity index (χ1v) is 6.50. The maximum Gasteiger partial charge on any atom is 0.0957 e. The van der Waals surface area contributed by atoms with Crippen molar-refractivity contribution >= 4 is 11.6 Å². The number of hydrogen-bond acceptors (Lipinski definition) is 2. The summed E-state index contributed by atoms with van der Waals surface area (Å²) in [5.41, 5.74) is -0.0125. The van der Waals surface area contributed by atoms with Gasteiger partial charge in [-0.3, -0.25) is 0 Å². The number of halogens is 1. The number of benzene rings is 1. The van der Waals surface area contributed by atoms with Crippen LogP contribution < -0.4 is 0 Å². The van der Waals surface area contributed by atoms with Gasteiger partial charge in [0.15, 0.2) is 0 Å². The van der Waals surface area contributed by atoms with Crippen LogP contribution in [0.4, 0.5) is 0 Å². The van der Waals surface area contributed by atoms with Crippen molar-refractivity contribution in [1.29, 1.82) is 0 Å². The van der Waals surface area contributed by atoms with E-state index in [-0.39, 0.29) is 6.10 Å². The Bertz CT molecular complexity index is 392. The Kier molecular flexibility index (Phi) is 3.76. The summed E-state index contributed by atoms with van der Waals surface area (Å²) in [6, 6.07) is 7.53. The molecule has 1 heterocycles. The van der Waals surface area contributed by atoms with E-state index in [9.17, 15) is 5.11 Å². The van der Waals surface area contributed by atoms with E-state index in [1.54, 1.807) is 0 Å². The van der Waals surface area contributed by atoms with Crippen molar-refractivity contribution in [2.45, 2.75) is 38.4 Å². The molecule has 0 saturated carbocycles. The summed E-state index contributed by atoms with van der Waals surface area (Å²) >= 11 is 6.17. The summed E-state index contributed by atoms with van der Waals surface area (Å²) in [5, 5.41) is 11.4. The van der Waals surface area contributed by atoms with Crippen molar-refractivity contribution in [2.24, 2.45) is 5.92 Å². The van der Waals surface area contributed by atoms with Crippen molar-refractivity contribution in [3.63, 3.8) is 0 Å². The molecule has 17 heavy (non-hydrogen) atoms. The summed E-state index contributed by atoms with van der Waals surface area (Å²) in [6.07, 6.45) is 1.33. The molecule has 2 unspecified atom stereocenters. The standard InChI is InChI=1S/C14H19ClO2/c1-10(2)13-9-14(16,7-8-17-13)11-5-3-4-6-12(11)15/h3-6,10,13,16H,7-9H2,1-2H3. The van der Waals surface area contributed by atoms with Gasteiger partial charge in [-0.2, -0.15) is 0 Å². The minimum Gasteiger partial charge on any atom is -0.385 e. The Labute approximate surface area is 108 Å². The molecule has 94 valence electrons. The van der Waals surface area contributed by atoms with Gasteiger partial charge in [-0.25, -0.2) is 0 Å². The lowest BCUT2D eigenvalue weighted by Gasteiger charge is -2.39. The molecule has 0 aliphatic carbocycles. The number of hydrogen-bond donors (Lipinski definition) is 1. The highest BCUT2D eigenvalue weighted by atomic mass is 35.5. The third-order valence-electron chi connectivity index (χ3n) is 3.51. The van der Waals surface area contributed by atoms with Crippen LogP contribution in [0.3, 0.4) is 0 Å². The Balaban J connectivity index is 2.27. The Morgan fingerprint density at radius 1 is 1.41 bits per heavy atom. The lowest BCUT2D eigenvalue weighted by molar-refractivity contribution is -0.121. The molecule has 3 heteroatoms. The molecular weight excluding hydrogens is 236 g/mol. The van der Waals surface area contributed by atoms with Gasteiger partial charge in [-0.05, 0) is 12.0 Å². The topological polar surface area (TPSA) is 29.5 Å². The second-order valence-electron chi connectivity index (χ2n) is 5.12. The third kappa shape index (κ3) is 2.65. The highest BCUT2D eigenvalue weighted by Gasteiger charge is 2.38. The highest BCUT2D eigenvalue weighted by molar-refractivity contribution is 6.31. The van der Waals surface area contributed by atoms with Crippen LogP contribution in [0, 0.1) is 5.92 Å². The lowest BCUT2D eigenvalue weighted by Crippen LogP contribution is -2.40. The van der Waals surface area contributed by atoms with Crippen molar-refractivity contribution in [2.75, 3.05) is 6.61 Å². The Morgan fingerprint density at radius 3 is 2.76 bits per heavy atom. The molecule has 1 fully saturated rings. The molecule has 2 atom stereocenters. The smallest absolute Gasteiger partial charge is 0.0957 e. The molecule has 1 aromatic carbocycles. The summed E-state index contributed by atoms with van der Waals surface area (Å²) in [6.45, 7) is 4.82. The number of ether oxygens (including phenoxy) is 1. The molecule has 1 aliphatic heterocycles. The first-order valence-electron chi connectivity index (χ1n) is 6.12. The summed E-state index contributed by atoms with van der Waals surface area (Å²) in [5.74, 6) is 0.407. The third-order valence-corrected chi connectivity index (χ3v) is 3.83. The zero-order chi connectivity index (χ0) is 12.5. The Morgan fingerprint density at radius 2 is 2.12 bits per heavy atom. The largest absolute Gasteiger partial charge is 0.385 e. The van der Waals surface area contributed by atoms with Gasteiger partial charge in [0.25, 0.3) is 0 Å². The van der Waals surface area contributed by atoms with Crippen LogP contribution >= 0.6 is 11.6 Å². The normalized spacial score (nSPS) is 29.6. The van der Waals surface area contributed by atoms with E-state index in [0.717, 1.165) is 5.56 Å². The predicted octanol–water partition coefficient (Wildman–Crippen LogP) is 3.36. The van der Waals surface area contributed by atoms with Crippen LogP contribution in [-0.4, -0.2) is 17.8 Å². The number of rotatable bonds is 2. The predicted molar refractivity (Wildman–Crippen MR) is 69.2 cm³/mol. The van der Waals surface area contributed by atoms with Gasteiger partial charge in [-0.1, -0.05) is 43.6 Å². The second-order valence-corrected chi connectivity index (χ2v) is 5.53. The van der Waals surface area contributed by atoms with Crippen molar-refractivity contribution in [3.05, 3.63) is 34.9 Å². The van der Waals surface area contributed by atoms with E-state index < -0.39 is 5.60 Å². The zero-order valence-electron chi connectivity index (χ0n) is 10.3. The average Bonchev–Trinajstić information content (AvgIpc) is 2.29. The fourth-order valence-corrected chi connectivity index (χ4v) is 2.70. The molecule has 1 N–H and O–H groups in total. The number of aliphatic hydroxyl groups is 1.